The van der Waals surface area contributed by atoms with Gasteiger partial charge in [0, 0.05) is 13.1 Å². The minimum absolute atomic E-state index is 0.143. The predicted octanol–water partition coefficient (Wildman–Crippen LogP) is 1.44. The van der Waals surface area contributed by atoms with Crippen molar-refractivity contribution in [3.63, 3.8) is 0 Å². The second kappa shape index (κ2) is 7.80. The molecule has 0 saturated heterocycles. The molecule has 4 N–H and O–H groups in total. The minimum Gasteiger partial charge on any atom is -0.629 e. The third-order valence-electron chi connectivity index (χ3n) is 4.31. The lowest BCUT2D eigenvalue weighted by molar-refractivity contribution is -0.810. The Bertz CT molecular complexity index is 910. The average Bonchev–Trinajstić information content (AvgIpc) is 3.04. The number of aromatic amines is 1. The summed E-state index contributed by atoms with van der Waals surface area (Å²) in [7, 11) is 1.68. The summed E-state index contributed by atoms with van der Waals surface area (Å²) < 4.78 is 28.9. The summed E-state index contributed by atoms with van der Waals surface area (Å²) >= 11 is 0. The zero-order valence-electron chi connectivity index (χ0n) is 14.8. The van der Waals surface area contributed by atoms with Crippen LogP contribution in [0, 0.1) is 11.1 Å². The normalized spacial score (nSPS) is 20.8. The van der Waals surface area contributed by atoms with Gasteiger partial charge >= 0.3 is 0 Å². The van der Waals surface area contributed by atoms with Crippen molar-refractivity contribution in [1.29, 1.82) is 0 Å². The summed E-state index contributed by atoms with van der Waals surface area (Å²) in [4.78, 5) is 16.6. The molecule has 8 nitrogen and oxygen atoms in total. The standard InChI is InChI=1S/C17H20F2N6O2/c1-3-6-25(27)12-5-4-11(18)13(14(12)19)17(26)22-9-7-10-15(20-2)23-24-16(10)21-8-9/h4-5,7-8,13-14,25H,3,6H2,1-2H3,(H,22,26)(H2,20,21,23,24). The van der Waals surface area contributed by atoms with Crippen LogP contribution in [0.5, 0.6) is 0 Å². The molecule has 2 aromatic rings. The molecule has 0 saturated carbocycles. The Hall–Kier alpha value is -2.85. The highest BCUT2D eigenvalue weighted by molar-refractivity contribution is 5.97. The number of hydroxylamine groups is 2. The summed E-state index contributed by atoms with van der Waals surface area (Å²) in [6.45, 7) is 1.93. The van der Waals surface area contributed by atoms with Crippen LogP contribution in [0.1, 0.15) is 13.3 Å². The first kappa shape index (κ1) is 18.9. The Balaban J connectivity index is 1.81. The Labute approximate surface area is 153 Å². The Kier molecular flexibility index (Phi) is 5.47. The fraction of sp³-hybridized carbons (Fsp3) is 0.353. The number of carbonyl (C=O) groups excluding carboxylic acids is 1. The van der Waals surface area contributed by atoms with Crippen molar-refractivity contribution in [2.45, 2.75) is 19.5 Å². The molecule has 144 valence electrons. The molecular formula is C17H20F2N6O2. The number of hydrogen-bond donors (Lipinski definition) is 4. The van der Waals surface area contributed by atoms with E-state index in [0.29, 0.717) is 23.3 Å². The monoisotopic (exact) mass is 378 g/mol. The maximum Gasteiger partial charge on any atom is 0.237 e. The quantitative estimate of drug-likeness (QED) is 0.569. The molecule has 1 aliphatic carbocycles. The summed E-state index contributed by atoms with van der Waals surface area (Å²) in [5.74, 6) is -3.01. The molecular weight excluding hydrogens is 358 g/mol. The molecule has 2 heterocycles. The van der Waals surface area contributed by atoms with Crippen LogP contribution in [0.4, 0.5) is 20.3 Å². The third kappa shape index (κ3) is 3.67. The number of allylic oxidation sites excluding steroid dienone is 3. The lowest BCUT2D eigenvalue weighted by atomic mass is 9.93. The van der Waals surface area contributed by atoms with Gasteiger partial charge in [-0.3, -0.25) is 9.89 Å². The number of hydrogen-bond acceptors (Lipinski definition) is 5. The highest BCUT2D eigenvalue weighted by Crippen LogP contribution is 2.29. The number of amides is 1. The van der Waals surface area contributed by atoms with E-state index in [1.165, 1.54) is 6.20 Å². The van der Waals surface area contributed by atoms with Gasteiger partial charge in [-0.05, 0) is 18.6 Å². The average molecular weight is 378 g/mol. The molecule has 1 aliphatic rings. The topological polar surface area (TPSA) is 110 Å². The Morgan fingerprint density at radius 2 is 2.22 bits per heavy atom. The maximum absolute atomic E-state index is 14.7. The van der Waals surface area contributed by atoms with Gasteiger partial charge in [-0.15, -0.1) is 0 Å². The summed E-state index contributed by atoms with van der Waals surface area (Å²) in [6.07, 6.45) is 1.94. The number of alkyl halides is 1. The zero-order chi connectivity index (χ0) is 19.6. The van der Waals surface area contributed by atoms with Gasteiger partial charge in [0.2, 0.25) is 5.91 Å². The van der Waals surface area contributed by atoms with Gasteiger partial charge < -0.3 is 20.9 Å². The van der Waals surface area contributed by atoms with Crippen molar-refractivity contribution in [2.24, 2.45) is 5.92 Å². The number of H-pyrrole nitrogens is 1. The van der Waals surface area contributed by atoms with Crippen LogP contribution in [0.15, 0.2) is 35.9 Å². The van der Waals surface area contributed by atoms with Crippen LogP contribution in [0.25, 0.3) is 11.0 Å². The van der Waals surface area contributed by atoms with Crippen molar-refractivity contribution >= 4 is 28.4 Å². The fourth-order valence-corrected chi connectivity index (χ4v) is 2.94. The smallest absolute Gasteiger partial charge is 0.237 e. The molecule has 3 atom stereocenters. The predicted molar refractivity (Wildman–Crippen MR) is 97.2 cm³/mol. The number of rotatable bonds is 6. The number of halogens is 2. The van der Waals surface area contributed by atoms with Crippen molar-refractivity contribution in [3.05, 3.63) is 41.1 Å². The summed E-state index contributed by atoms with van der Waals surface area (Å²) in [5, 5.41) is 24.3. The van der Waals surface area contributed by atoms with Gasteiger partial charge in [-0.1, -0.05) is 6.92 Å². The maximum atomic E-state index is 14.7. The molecule has 0 bridgehead atoms. The number of carbonyl (C=O) groups is 1. The van der Waals surface area contributed by atoms with Crippen LogP contribution in [0.2, 0.25) is 0 Å². The number of quaternary nitrogens is 1. The molecule has 0 spiro atoms. The number of pyridine rings is 1. The van der Waals surface area contributed by atoms with E-state index >= 15 is 0 Å². The molecule has 27 heavy (non-hydrogen) atoms. The lowest BCUT2D eigenvalue weighted by Crippen LogP contribution is -3.06. The molecule has 0 radical (unpaired) electrons. The molecule has 1 amide bonds. The second-order valence-corrected chi connectivity index (χ2v) is 6.16. The Morgan fingerprint density at radius 3 is 2.93 bits per heavy atom. The SMILES string of the molecule is CCC[NH+]([O-])C1=CC=C(F)C(C(=O)Nc2cnc3[nH]nc(NC)c3c2)C1F. The van der Waals surface area contributed by atoms with E-state index in [1.807, 2.05) is 0 Å². The lowest BCUT2D eigenvalue weighted by Gasteiger charge is -2.30. The highest BCUT2D eigenvalue weighted by Gasteiger charge is 2.40. The number of nitrogens with one attached hydrogen (secondary N) is 4. The van der Waals surface area contributed by atoms with E-state index in [2.05, 4.69) is 25.8 Å². The van der Waals surface area contributed by atoms with Crippen LogP contribution in [-0.2, 0) is 4.79 Å². The van der Waals surface area contributed by atoms with Gasteiger partial charge in [-0.25, -0.2) is 13.8 Å². The van der Waals surface area contributed by atoms with E-state index in [1.54, 1.807) is 20.0 Å². The van der Waals surface area contributed by atoms with Crippen molar-refractivity contribution < 1.29 is 18.6 Å². The van der Waals surface area contributed by atoms with Crippen LogP contribution in [0.3, 0.4) is 0 Å². The summed E-state index contributed by atoms with van der Waals surface area (Å²) in [5.41, 5.74) is 0.584. The van der Waals surface area contributed by atoms with Crippen LogP contribution < -0.4 is 15.7 Å². The van der Waals surface area contributed by atoms with Gasteiger partial charge in [0.1, 0.15) is 17.4 Å². The fourth-order valence-electron chi connectivity index (χ4n) is 2.94. The van der Waals surface area contributed by atoms with E-state index in [9.17, 15) is 18.8 Å². The number of aromatic nitrogens is 3. The molecule has 0 aliphatic heterocycles. The molecule has 2 aromatic heterocycles. The van der Waals surface area contributed by atoms with Gasteiger partial charge in [-0.2, -0.15) is 5.10 Å². The zero-order valence-corrected chi connectivity index (χ0v) is 14.8. The number of nitrogens with zero attached hydrogens (tertiary/aromatic N) is 2. The molecule has 0 aromatic carbocycles. The minimum atomic E-state index is -2.03. The van der Waals surface area contributed by atoms with E-state index in [4.69, 9.17) is 0 Å². The number of anilines is 2. The van der Waals surface area contributed by atoms with Gasteiger partial charge in [0.25, 0.3) is 0 Å². The van der Waals surface area contributed by atoms with Crippen molar-refractivity contribution in [1.82, 2.24) is 15.2 Å². The largest absolute Gasteiger partial charge is 0.629 e. The van der Waals surface area contributed by atoms with Crippen molar-refractivity contribution in [2.75, 3.05) is 24.2 Å². The third-order valence-corrected chi connectivity index (χ3v) is 4.31. The van der Waals surface area contributed by atoms with E-state index in [-0.39, 0.29) is 17.9 Å². The summed E-state index contributed by atoms with van der Waals surface area (Å²) in [6, 6.07) is 1.59. The van der Waals surface area contributed by atoms with Crippen LogP contribution >= 0.6 is 0 Å². The van der Waals surface area contributed by atoms with Crippen LogP contribution in [-0.4, -0.2) is 40.9 Å². The van der Waals surface area contributed by atoms with Gasteiger partial charge in [0.05, 0.1) is 23.8 Å². The first-order chi connectivity index (χ1) is 13.0. The first-order valence-electron chi connectivity index (χ1n) is 8.53. The van der Waals surface area contributed by atoms with Crippen molar-refractivity contribution in [3.8, 4) is 0 Å². The van der Waals surface area contributed by atoms with E-state index in [0.717, 1.165) is 12.2 Å². The van der Waals surface area contributed by atoms with E-state index < -0.39 is 28.9 Å². The Morgan fingerprint density at radius 1 is 1.44 bits per heavy atom. The molecule has 10 heteroatoms. The molecule has 0 fully saturated rings. The highest BCUT2D eigenvalue weighted by atomic mass is 19.1. The second-order valence-electron chi connectivity index (χ2n) is 6.16. The van der Waals surface area contributed by atoms with Gasteiger partial charge in [0.15, 0.2) is 17.6 Å². The molecule has 3 rings (SSSR count). The number of fused-ring (bicyclic) bond motifs is 1. The molecule has 3 unspecified atom stereocenters. The first-order valence-corrected chi connectivity index (χ1v) is 8.53.